The Kier molecular flexibility index (Phi) is 4.66. The summed E-state index contributed by atoms with van der Waals surface area (Å²) in [5.41, 5.74) is -0.521. The summed E-state index contributed by atoms with van der Waals surface area (Å²) < 4.78 is 23.5. The molecule has 0 spiro atoms. The third-order valence-electron chi connectivity index (χ3n) is 2.93. The van der Waals surface area contributed by atoms with Crippen LogP contribution < -0.4 is 4.74 Å². The van der Waals surface area contributed by atoms with Gasteiger partial charge in [0.05, 0.1) is 22.1 Å². The van der Waals surface area contributed by atoms with E-state index in [1.807, 2.05) is 0 Å². The Morgan fingerprint density at radius 3 is 2.95 bits per heavy atom. The number of benzene rings is 1. The van der Waals surface area contributed by atoms with Gasteiger partial charge in [0.15, 0.2) is 5.78 Å². The number of hydrogen-bond acceptors (Lipinski definition) is 5. The molecule has 0 amide bonds. The van der Waals surface area contributed by atoms with Gasteiger partial charge in [-0.15, -0.1) is 0 Å². The van der Waals surface area contributed by atoms with Crippen LogP contribution in [-0.2, 0) is 9.53 Å². The zero-order valence-electron chi connectivity index (χ0n) is 10.3. The maximum Gasteiger partial charge on any atom is 0.315 e. The quantitative estimate of drug-likeness (QED) is 0.603. The fourth-order valence-corrected chi connectivity index (χ4v) is 2.41. The van der Waals surface area contributed by atoms with Crippen molar-refractivity contribution >= 4 is 27.4 Å². The molecule has 1 aliphatic rings. The highest BCUT2D eigenvalue weighted by molar-refractivity contribution is 9.10. The number of hydrogen-bond donors (Lipinski definition) is 0. The highest BCUT2D eigenvalue weighted by Crippen LogP contribution is 2.36. The molecule has 0 N–H and O–H groups in total. The normalized spacial score (nSPS) is 18.0. The van der Waals surface area contributed by atoms with Gasteiger partial charge in [0.25, 0.3) is 0 Å². The van der Waals surface area contributed by atoms with E-state index in [2.05, 4.69) is 15.9 Å². The van der Waals surface area contributed by atoms with Crippen LogP contribution in [0.1, 0.15) is 6.42 Å². The van der Waals surface area contributed by atoms with E-state index < -0.39 is 16.4 Å². The first-order valence-electron chi connectivity index (χ1n) is 5.85. The van der Waals surface area contributed by atoms with Gasteiger partial charge < -0.3 is 9.47 Å². The molecule has 20 heavy (non-hydrogen) atoms. The smallest absolute Gasteiger partial charge is 0.315 e. The molecule has 0 aromatic heterocycles. The molecule has 108 valence electrons. The van der Waals surface area contributed by atoms with Crippen molar-refractivity contribution in [1.29, 1.82) is 0 Å². The van der Waals surface area contributed by atoms with Crippen LogP contribution in [0, 0.1) is 21.8 Å². The largest absolute Gasteiger partial charge is 0.478 e. The molecule has 1 heterocycles. The maximum atomic E-state index is 13.1. The summed E-state index contributed by atoms with van der Waals surface area (Å²) in [5.74, 6) is -1.34. The summed E-state index contributed by atoms with van der Waals surface area (Å²) in [5, 5.41) is 10.9. The molecule has 1 fully saturated rings. The summed E-state index contributed by atoms with van der Waals surface area (Å²) in [6.45, 7) is 0.560. The van der Waals surface area contributed by atoms with Crippen molar-refractivity contribution in [2.24, 2.45) is 5.92 Å². The Hall–Kier alpha value is -1.54. The molecule has 0 bridgehead atoms. The minimum atomic E-state index is -0.758. The minimum Gasteiger partial charge on any atom is -0.478 e. The first kappa shape index (κ1) is 14.9. The van der Waals surface area contributed by atoms with E-state index in [0.717, 1.165) is 12.1 Å². The van der Waals surface area contributed by atoms with Gasteiger partial charge >= 0.3 is 5.69 Å². The summed E-state index contributed by atoms with van der Waals surface area (Å²) in [6.07, 6.45) is 0.620. The molecule has 1 aromatic rings. The Balaban J connectivity index is 2.12. The highest BCUT2D eigenvalue weighted by atomic mass is 79.9. The Morgan fingerprint density at radius 1 is 1.60 bits per heavy atom. The zero-order chi connectivity index (χ0) is 14.7. The zero-order valence-corrected chi connectivity index (χ0v) is 11.9. The molecule has 2 rings (SSSR count). The average molecular weight is 348 g/mol. The lowest BCUT2D eigenvalue weighted by Crippen LogP contribution is -2.22. The van der Waals surface area contributed by atoms with E-state index in [1.165, 1.54) is 0 Å². The molecular weight excluding hydrogens is 337 g/mol. The summed E-state index contributed by atoms with van der Waals surface area (Å²) in [7, 11) is 0. The standard InChI is InChI=1S/C12H11BrFNO5/c13-9-3-8(14)4-10(15(17)18)12(9)20-6-11(16)7-1-2-19-5-7/h3-4,7H,1-2,5-6H2. The lowest BCUT2D eigenvalue weighted by Gasteiger charge is -2.10. The van der Waals surface area contributed by atoms with Gasteiger partial charge in [-0.2, -0.15) is 0 Å². The Morgan fingerprint density at radius 2 is 2.35 bits per heavy atom. The second-order valence-electron chi connectivity index (χ2n) is 4.31. The lowest BCUT2D eigenvalue weighted by atomic mass is 10.0. The Labute approximate surface area is 122 Å². The van der Waals surface area contributed by atoms with Crippen molar-refractivity contribution in [2.45, 2.75) is 6.42 Å². The van der Waals surface area contributed by atoms with E-state index in [9.17, 15) is 19.3 Å². The van der Waals surface area contributed by atoms with Crippen molar-refractivity contribution in [1.82, 2.24) is 0 Å². The number of nitro benzene ring substituents is 1. The van der Waals surface area contributed by atoms with Crippen molar-refractivity contribution in [3.63, 3.8) is 0 Å². The van der Waals surface area contributed by atoms with Crippen LogP contribution in [0.5, 0.6) is 5.75 Å². The van der Waals surface area contributed by atoms with Gasteiger partial charge in [0.2, 0.25) is 5.75 Å². The molecule has 8 heteroatoms. The molecule has 1 aromatic carbocycles. The van der Waals surface area contributed by atoms with Gasteiger partial charge in [0.1, 0.15) is 12.4 Å². The molecule has 1 saturated heterocycles. The monoisotopic (exact) mass is 347 g/mol. The summed E-state index contributed by atoms with van der Waals surface area (Å²) in [6, 6.07) is 1.80. The molecule has 1 unspecified atom stereocenters. The predicted octanol–water partition coefficient (Wildman–Crippen LogP) is 2.48. The van der Waals surface area contributed by atoms with Gasteiger partial charge in [-0.1, -0.05) is 0 Å². The number of carbonyl (C=O) groups is 1. The van der Waals surface area contributed by atoms with Crippen molar-refractivity contribution in [3.8, 4) is 5.75 Å². The number of ketones is 1. The number of ether oxygens (including phenoxy) is 2. The van der Waals surface area contributed by atoms with Gasteiger partial charge in [-0.05, 0) is 28.4 Å². The number of nitro groups is 1. The van der Waals surface area contributed by atoms with Gasteiger partial charge in [0, 0.05) is 12.5 Å². The first-order valence-corrected chi connectivity index (χ1v) is 6.65. The highest BCUT2D eigenvalue weighted by Gasteiger charge is 2.26. The topological polar surface area (TPSA) is 78.7 Å². The molecular formula is C12H11BrFNO5. The first-order chi connectivity index (χ1) is 9.49. The van der Waals surface area contributed by atoms with Crippen LogP contribution in [0.15, 0.2) is 16.6 Å². The second-order valence-corrected chi connectivity index (χ2v) is 5.16. The molecule has 6 nitrogen and oxygen atoms in total. The number of rotatable bonds is 5. The van der Waals surface area contributed by atoms with Crippen LogP contribution in [0.4, 0.5) is 10.1 Å². The van der Waals surface area contributed by atoms with Crippen LogP contribution in [0.2, 0.25) is 0 Å². The lowest BCUT2D eigenvalue weighted by molar-refractivity contribution is -0.386. The fraction of sp³-hybridized carbons (Fsp3) is 0.417. The third kappa shape index (κ3) is 3.31. The predicted molar refractivity (Wildman–Crippen MR) is 70.2 cm³/mol. The molecule has 0 saturated carbocycles. The molecule has 0 radical (unpaired) electrons. The van der Waals surface area contributed by atoms with Crippen LogP contribution in [0.25, 0.3) is 0 Å². The number of halogens is 2. The molecule has 1 aliphatic heterocycles. The van der Waals surface area contributed by atoms with E-state index >= 15 is 0 Å². The number of nitrogens with zero attached hydrogens (tertiary/aromatic N) is 1. The van der Waals surface area contributed by atoms with E-state index in [-0.39, 0.29) is 28.5 Å². The van der Waals surface area contributed by atoms with E-state index in [4.69, 9.17) is 9.47 Å². The minimum absolute atomic E-state index is 0.0969. The summed E-state index contributed by atoms with van der Waals surface area (Å²) in [4.78, 5) is 21.9. The Bertz CT molecular complexity index is 545. The second kappa shape index (κ2) is 6.27. The number of carbonyl (C=O) groups excluding carboxylic acids is 1. The maximum absolute atomic E-state index is 13.1. The molecule has 1 atom stereocenters. The summed E-state index contributed by atoms with van der Waals surface area (Å²) >= 11 is 2.99. The average Bonchev–Trinajstić information content (AvgIpc) is 2.90. The van der Waals surface area contributed by atoms with Crippen molar-refractivity contribution in [3.05, 3.63) is 32.5 Å². The van der Waals surface area contributed by atoms with Crippen molar-refractivity contribution in [2.75, 3.05) is 19.8 Å². The SMILES string of the molecule is O=C(COc1c(Br)cc(F)cc1[N+](=O)[O-])C1CCOC1. The van der Waals surface area contributed by atoms with Crippen molar-refractivity contribution < 1.29 is 23.6 Å². The third-order valence-corrected chi connectivity index (χ3v) is 3.52. The van der Waals surface area contributed by atoms with Crippen LogP contribution in [-0.4, -0.2) is 30.5 Å². The molecule has 0 aliphatic carbocycles. The fourth-order valence-electron chi connectivity index (χ4n) is 1.87. The van der Waals surface area contributed by atoms with E-state index in [0.29, 0.717) is 19.6 Å². The van der Waals surface area contributed by atoms with Gasteiger partial charge in [-0.3, -0.25) is 14.9 Å². The van der Waals surface area contributed by atoms with E-state index in [1.54, 1.807) is 0 Å². The number of Topliss-reactive ketones (excluding diaryl/α,β-unsaturated/α-hetero) is 1. The van der Waals surface area contributed by atoms with Crippen LogP contribution in [0.3, 0.4) is 0 Å². The van der Waals surface area contributed by atoms with Gasteiger partial charge in [-0.25, -0.2) is 4.39 Å². The van der Waals surface area contributed by atoms with Crippen LogP contribution >= 0.6 is 15.9 Å².